The Hall–Kier alpha value is -1.81. The van der Waals surface area contributed by atoms with Gasteiger partial charge in [-0.25, -0.2) is 0 Å². The summed E-state index contributed by atoms with van der Waals surface area (Å²) in [6, 6.07) is 11.0. The lowest BCUT2D eigenvalue weighted by Gasteiger charge is -2.30. The zero-order chi connectivity index (χ0) is 13.8. The van der Waals surface area contributed by atoms with E-state index in [4.69, 9.17) is 0 Å². The van der Waals surface area contributed by atoms with Gasteiger partial charge in [-0.2, -0.15) is 5.10 Å². The predicted octanol–water partition coefficient (Wildman–Crippen LogP) is 2.44. The molecule has 0 radical (unpaired) electrons. The first-order valence-electron chi connectivity index (χ1n) is 7.31. The number of anilines is 1. The summed E-state index contributed by atoms with van der Waals surface area (Å²) in [5, 5.41) is 8.03. The van der Waals surface area contributed by atoms with Crippen LogP contribution in [0.1, 0.15) is 18.4 Å². The number of likely N-dealkylation sites (N-methyl/N-ethyl adjacent to an activating group) is 1. The third kappa shape index (κ3) is 3.39. The molecular weight excluding hydrogens is 248 g/mol. The van der Waals surface area contributed by atoms with Gasteiger partial charge < -0.3 is 10.2 Å². The first kappa shape index (κ1) is 13.2. The molecule has 0 bridgehead atoms. The van der Waals surface area contributed by atoms with Crippen LogP contribution in [0.15, 0.2) is 42.7 Å². The van der Waals surface area contributed by atoms with Crippen LogP contribution in [0.5, 0.6) is 0 Å². The van der Waals surface area contributed by atoms with Crippen LogP contribution in [-0.4, -0.2) is 40.9 Å². The molecule has 1 aliphatic rings. The van der Waals surface area contributed by atoms with Gasteiger partial charge >= 0.3 is 0 Å². The minimum absolute atomic E-state index is 0.545. The van der Waals surface area contributed by atoms with Gasteiger partial charge in [0.05, 0.1) is 18.4 Å². The van der Waals surface area contributed by atoms with E-state index >= 15 is 0 Å². The van der Waals surface area contributed by atoms with E-state index in [2.05, 4.69) is 52.8 Å². The van der Waals surface area contributed by atoms with Crippen LogP contribution in [0, 0.1) is 0 Å². The molecule has 0 spiro atoms. The Kier molecular flexibility index (Phi) is 4.02. The zero-order valence-corrected chi connectivity index (χ0v) is 12.0. The van der Waals surface area contributed by atoms with E-state index in [0.29, 0.717) is 6.04 Å². The zero-order valence-electron chi connectivity index (χ0n) is 12.0. The third-order valence-corrected chi connectivity index (χ3v) is 3.82. The Morgan fingerprint density at radius 1 is 1.30 bits per heavy atom. The molecule has 20 heavy (non-hydrogen) atoms. The van der Waals surface area contributed by atoms with Crippen molar-refractivity contribution in [2.24, 2.45) is 0 Å². The van der Waals surface area contributed by atoms with Crippen LogP contribution in [0.4, 0.5) is 5.69 Å². The Morgan fingerprint density at radius 2 is 2.15 bits per heavy atom. The predicted molar refractivity (Wildman–Crippen MR) is 81.9 cm³/mol. The molecule has 2 aromatic rings. The number of rotatable bonds is 4. The smallest absolute Gasteiger partial charge is 0.0729 e. The van der Waals surface area contributed by atoms with Gasteiger partial charge in [-0.05, 0) is 32.0 Å². The van der Waals surface area contributed by atoms with Gasteiger partial charge in [0.15, 0.2) is 0 Å². The first-order chi connectivity index (χ1) is 9.79. The SMILES string of the molecule is CN1CCCC(Nc2cnn(Cc3ccccc3)c2)C1. The van der Waals surface area contributed by atoms with Crippen molar-refractivity contribution in [3.63, 3.8) is 0 Å². The van der Waals surface area contributed by atoms with E-state index in [9.17, 15) is 0 Å². The molecule has 1 N–H and O–H groups in total. The standard InChI is InChI=1S/C16H22N4/c1-19-9-5-8-15(12-19)18-16-10-17-20(13-16)11-14-6-3-2-4-7-14/h2-4,6-7,10,13,15,18H,5,8-9,11-12H2,1H3. The minimum atomic E-state index is 0.545. The maximum Gasteiger partial charge on any atom is 0.0729 e. The molecule has 1 atom stereocenters. The summed E-state index contributed by atoms with van der Waals surface area (Å²) in [7, 11) is 2.19. The van der Waals surface area contributed by atoms with Crippen LogP contribution in [-0.2, 0) is 6.54 Å². The lowest BCUT2D eigenvalue weighted by Crippen LogP contribution is -2.39. The topological polar surface area (TPSA) is 33.1 Å². The van der Waals surface area contributed by atoms with Gasteiger partial charge in [0.25, 0.3) is 0 Å². The summed E-state index contributed by atoms with van der Waals surface area (Å²) in [5.41, 5.74) is 2.40. The second-order valence-electron chi connectivity index (χ2n) is 5.66. The van der Waals surface area contributed by atoms with Crippen molar-refractivity contribution in [1.29, 1.82) is 0 Å². The van der Waals surface area contributed by atoms with Crippen molar-refractivity contribution in [1.82, 2.24) is 14.7 Å². The Labute approximate surface area is 120 Å². The number of piperidine rings is 1. The fourth-order valence-corrected chi connectivity index (χ4v) is 2.81. The lowest BCUT2D eigenvalue weighted by molar-refractivity contribution is 0.261. The summed E-state index contributed by atoms with van der Waals surface area (Å²) in [5.74, 6) is 0. The Bertz CT molecular complexity index is 534. The number of nitrogens with one attached hydrogen (secondary N) is 1. The molecule has 1 aromatic heterocycles. The quantitative estimate of drug-likeness (QED) is 0.926. The maximum atomic E-state index is 4.44. The highest BCUT2D eigenvalue weighted by atomic mass is 15.3. The summed E-state index contributed by atoms with van der Waals surface area (Å²) in [6.07, 6.45) is 6.54. The molecule has 1 fully saturated rings. The molecule has 4 heteroatoms. The van der Waals surface area contributed by atoms with Gasteiger partial charge in [-0.15, -0.1) is 0 Å². The molecule has 1 saturated heterocycles. The van der Waals surface area contributed by atoms with Crippen molar-refractivity contribution in [3.8, 4) is 0 Å². The number of aromatic nitrogens is 2. The highest BCUT2D eigenvalue weighted by molar-refractivity contribution is 5.39. The molecule has 0 aliphatic carbocycles. The molecule has 1 aliphatic heterocycles. The van der Waals surface area contributed by atoms with Crippen molar-refractivity contribution < 1.29 is 0 Å². The molecular formula is C16H22N4. The highest BCUT2D eigenvalue weighted by Crippen LogP contribution is 2.15. The number of nitrogens with zero attached hydrogens (tertiary/aromatic N) is 3. The number of likely N-dealkylation sites (tertiary alicyclic amines) is 1. The van der Waals surface area contributed by atoms with E-state index in [0.717, 1.165) is 18.8 Å². The van der Waals surface area contributed by atoms with Crippen molar-refractivity contribution >= 4 is 5.69 Å². The van der Waals surface area contributed by atoms with E-state index in [1.807, 2.05) is 16.9 Å². The molecule has 4 nitrogen and oxygen atoms in total. The van der Waals surface area contributed by atoms with Gasteiger partial charge in [0, 0.05) is 18.8 Å². The molecule has 1 unspecified atom stereocenters. The van der Waals surface area contributed by atoms with E-state index < -0.39 is 0 Å². The van der Waals surface area contributed by atoms with Crippen molar-refractivity contribution in [3.05, 3.63) is 48.3 Å². The second kappa shape index (κ2) is 6.09. The largest absolute Gasteiger partial charge is 0.378 e. The molecule has 3 rings (SSSR count). The van der Waals surface area contributed by atoms with Crippen LogP contribution >= 0.6 is 0 Å². The number of hydrogen-bond donors (Lipinski definition) is 1. The minimum Gasteiger partial charge on any atom is -0.378 e. The van der Waals surface area contributed by atoms with Gasteiger partial charge in [0.1, 0.15) is 0 Å². The fraction of sp³-hybridized carbons (Fsp3) is 0.438. The van der Waals surface area contributed by atoms with Gasteiger partial charge in [-0.3, -0.25) is 4.68 Å². The van der Waals surface area contributed by atoms with Crippen LogP contribution in [0.25, 0.3) is 0 Å². The molecule has 106 valence electrons. The number of hydrogen-bond acceptors (Lipinski definition) is 3. The summed E-state index contributed by atoms with van der Waals surface area (Å²) in [4.78, 5) is 2.38. The average molecular weight is 270 g/mol. The first-order valence-corrected chi connectivity index (χ1v) is 7.31. The lowest BCUT2D eigenvalue weighted by atomic mass is 10.1. The summed E-state index contributed by atoms with van der Waals surface area (Å²) >= 11 is 0. The van der Waals surface area contributed by atoms with Gasteiger partial charge in [-0.1, -0.05) is 30.3 Å². The van der Waals surface area contributed by atoms with Crippen LogP contribution in [0.3, 0.4) is 0 Å². The normalized spacial score (nSPS) is 19.9. The third-order valence-electron chi connectivity index (χ3n) is 3.82. The Balaban J connectivity index is 1.59. The highest BCUT2D eigenvalue weighted by Gasteiger charge is 2.17. The van der Waals surface area contributed by atoms with Crippen LogP contribution in [0.2, 0.25) is 0 Å². The monoisotopic (exact) mass is 270 g/mol. The maximum absolute atomic E-state index is 4.44. The summed E-state index contributed by atoms with van der Waals surface area (Å²) in [6.45, 7) is 3.16. The van der Waals surface area contributed by atoms with Crippen LogP contribution < -0.4 is 5.32 Å². The van der Waals surface area contributed by atoms with E-state index in [1.54, 1.807) is 0 Å². The van der Waals surface area contributed by atoms with E-state index in [1.165, 1.54) is 24.9 Å². The molecule has 1 aromatic carbocycles. The van der Waals surface area contributed by atoms with E-state index in [-0.39, 0.29) is 0 Å². The number of benzene rings is 1. The Morgan fingerprint density at radius 3 is 2.95 bits per heavy atom. The molecule has 2 heterocycles. The fourth-order valence-electron chi connectivity index (χ4n) is 2.81. The second-order valence-corrected chi connectivity index (χ2v) is 5.66. The van der Waals surface area contributed by atoms with Crippen molar-refractivity contribution in [2.45, 2.75) is 25.4 Å². The van der Waals surface area contributed by atoms with Gasteiger partial charge in [0.2, 0.25) is 0 Å². The summed E-state index contributed by atoms with van der Waals surface area (Å²) < 4.78 is 1.99. The average Bonchev–Trinajstić information content (AvgIpc) is 2.87. The van der Waals surface area contributed by atoms with Crippen molar-refractivity contribution in [2.75, 3.05) is 25.5 Å². The molecule has 0 saturated carbocycles. The molecule has 0 amide bonds.